The molecule has 1 aromatic rings. The Morgan fingerprint density at radius 3 is 2.75 bits per heavy atom. The summed E-state index contributed by atoms with van der Waals surface area (Å²) in [5.41, 5.74) is 1.16. The molecule has 0 aromatic heterocycles. The monoisotopic (exact) mass is 239 g/mol. The molecule has 0 amide bonds. The molecule has 1 atom stereocenters. The number of hydrogen-bond donors (Lipinski definition) is 1. The van der Waals surface area contributed by atoms with Crippen LogP contribution in [0.1, 0.15) is 24.9 Å². The van der Waals surface area contributed by atoms with Crippen molar-refractivity contribution in [2.45, 2.75) is 19.4 Å². The van der Waals surface area contributed by atoms with Crippen LogP contribution in [0.4, 0.5) is 0 Å². The second kappa shape index (κ2) is 6.56. The molecule has 3 heteroatoms. The van der Waals surface area contributed by atoms with Crippen LogP contribution in [0, 0.1) is 0 Å². The molecule has 2 nitrogen and oxygen atoms in total. The van der Waals surface area contributed by atoms with Gasteiger partial charge in [0.1, 0.15) is 5.75 Å². The van der Waals surface area contributed by atoms with Crippen LogP contribution in [0.15, 0.2) is 35.9 Å². The molecule has 0 aliphatic rings. The molecule has 1 aromatic carbocycles. The van der Waals surface area contributed by atoms with Crippen molar-refractivity contribution in [1.29, 1.82) is 0 Å². The second-order valence-electron chi connectivity index (χ2n) is 3.60. The van der Waals surface area contributed by atoms with Crippen molar-refractivity contribution in [1.82, 2.24) is 5.32 Å². The molecule has 0 fully saturated rings. The fourth-order valence-electron chi connectivity index (χ4n) is 1.66. The van der Waals surface area contributed by atoms with E-state index in [4.69, 9.17) is 16.3 Å². The van der Waals surface area contributed by atoms with Gasteiger partial charge in [-0.25, -0.2) is 0 Å². The van der Waals surface area contributed by atoms with Gasteiger partial charge in [0.05, 0.1) is 7.11 Å². The molecule has 0 saturated heterocycles. The summed E-state index contributed by atoms with van der Waals surface area (Å²) in [5.74, 6) is 0.905. The predicted molar refractivity (Wildman–Crippen MR) is 69.0 cm³/mol. The third kappa shape index (κ3) is 3.54. The van der Waals surface area contributed by atoms with Gasteiger partial charge in [-0.05, 0) is 12.5 Å². The quantitative estimate of drug-likeness (QED) is 0.821. The van der Waals surface area contributed by atoms with Crippen LogP contribution >= 0.6 is 11.6 Å². The predicted octanol–water partition coefficient (Wildman–Crippen LogP) is 3.49. The Kier molecular flexibility index (Phi) is 5.36. The molecular weight excluding hydrogens is 222 g/mol. The van der Waals surface area contributed by atoms with Gasteiger partial charge in [-0.2, -0.15) is 0 Å². The van der Waals surface area contributed by atoms with E-state index in [2.05, 4.69) is 24.9 Å². The number of methoxy groups -OCH3 is 1. The largest absolute Gasteiger partial charge is 0.496 e. The van der Waals surface area contributed by atoms with Crippen molar-refractivity contribution in [3.8, 4) is 5.75 Å². The Balaban J connectivity index is 2.81. The van der Waals surface area contributed by atoms with Crippen molar-refractivity contribution in [3.05, 3.63) is 41.4 Å². The summed E-state index contributed by atoms with van der Waals surface area (Å²) < 4.78 is 5.34. The Labute approximate surface area is 102 Å². The van der Waals surface area contributed by atoms with Gasteiger partial charge < -0.3 is 10.1 Å². The van der Waals surface area contributed by atoms with Crippen LogP contribution in [-0.2, 0) is 0 Å². The van der Waals surface area contributed by atoms with Crippen molar-refractivity contribution in [2.24, 2.45) is 0 Å². The van der Waals surface area contributed by atoms with Gasteiger partial charge in [0.15, 0.2) is 0 Å². The lowest BCUT2D eigenvalue weighted by Gasteiger charge is -2.19. The topological polar surface area (TPSA) is 21.3 Å². The number of nitrogens with one attached hydrogen (secondary N) is 1. The van der Waals surface area contributed by atoms with Gasteiger partial charge in [-0.15, -0.1) is 0 Å². The summed E-state index contributed by atoms with van der Waals surface area (Å²) in [6.45, 7) is 6.40. The van der Waals surface area contributed by atoms with E-state index in [1.165, 1.54) is 0 Å². The van der Waals surface area contributed by atoms with E-state index in [-0.39, 0.29) is 6.04 Å². The van der Waals surface area contributed by atoms with Gasteiger partial charge in [0.25, 0.3) is 0 Å². The highest BCUT2D eigenvalue weighted by atomic mass is 35.5. The zero-order valence-corrected chi connectivity index (χ0v) is 10.6. The molecule has 0 saturated carbocycles. The van der Waals surface area contributed by atoms with Gasteiger partial charge in [-0.3, -0.25) is 0 Å². The van der Waals surface area contributed by atoms with E-state index in [1.54, 1.807) is 7.11 Å². The number of para-hydroxylation sites is 1. The summed E-state index contributed by atoms with van der Waals surface area (Å²) in [7, 11) is 1.69. The molecule has 0 aliphatic carbocycles. The first kappa shape index (κ1) is 13.1. The summed E-state index contributed by atoms with van der Waals surface area (Å²) in [4.78, 5) is 0. The number of benzene rings is 1. The zero-order valence-electron chi connectivity index (χ0n) is 9.79. The van der Waals surface area contributed by atoms with E-state index in [1.807, 2.05) is 18.2 Å². The van der Waals surface area contributed by atoms with Gasteiger partial charge in [0, 0.05) is 23.2 Å². The van der Waals surface area contributed by atoms with E-state index in [0.29, 0.717) is 11.6 Å². The fourth-order valence-corrected chi connectivity index (χ4v) is 1.74. The SMILES string of the molecule is C=C(Cl)CNC(CC)c1ccccc1OC. The lowest BCUT2D eigenvalue weighted by Crippen LogP contribution is -2.22. The highest BCUT2D eigenvalue weighted by molar-refractivity contribution is 6.29. The summed E-state index contributed by atoms with van der Waals surface area (Å²) >= 11 is 5.75. The number of halogens is 1. The molecule has 1 rings (SSSR count). The minimum Gasteiger partial charge on any atom is -0.496 e. The zero-order chi connectivity index (χ0) is 12.0. The summed E-state index contributed by atoms with van der Waals surface area (Å²) in [6.07, 6.45) is 0.977. The molecule has 0 spiro atoms. The normalized spacial score (nSPS) is 12.2. The third-order valence-electron chi connectivity index (χ3n) is 2.46. The molecule has 88 valence electrons. The molecule has 16 heavy (non-hydrogen) atoms. The first-order valence-electron chi connectivity index (χ1n) is 5.38. The lowest BCUT2D eigenvalue weighted by molar-refractivity contribution is 0.399. The van der Waals surface area contributed by atoms with Crippen molar-refractivity contribution in [3.63, 3.8) is 0 Å². The smallest absolute Gasteiger partial charge is 0.123 e. The Bertz CT molecular complexity index is 352. The van der Waals surface area contributed by atoms with Crippen LogP contribution in [0.5, 0.6) is 5.75 Å². The summed E-state index contributed by atoms with van der Waals surface area (Å²) in [5, 5.41) is 3.97. The molecule has 1 unspecified atom stereocenters. The van der Waals surface area contributed by atoms with Crippen molar-refractivity contribution >= 4 is 11.6 Å². The summed E-state index contributed by atoms with van der Waals surface area (Å²) in [6, 6.07) is 8.26. The van der Waals surface area contributed by atoms with E-state index in [0.717, 1.165) is 17.7 Å². The minimum absolute atomic E-state index is 0.242. The Morgan fingerprint density at radius 1 is 1.50 bits per heavy atom. The van der Waals surface area contributed by atoms with E-state index in [9.17, 15) is 0 Å². The highest BCUT2D eigenvalue weighted by Crippen LogP contribution is 2.26. The van der Waals surface area contributed by atoms with Crippen LogP contribution in [0.3, 0.4) is 0 Å². The number of hydrogen-bond acceptors (Lipinski definition) is 2. The molecular formula is C13H18ClNO. The maximum Gasteiger partial charge on any atom is 0.123 e. The number of ether oxygens (including phenoxy) is 1. The van der Waals surface area contributed by atoms with Crippen molar-refractivity contribution < 1.29 is 4.74 Å². The third-order valence-corrected chi connectivity index (χ3v) is 2.60. The van der Waals surface area contributed by atoms with Crippen LogP contribution in [-0.4, -0.2) is 13.7 Å². The molecule has 1 N–H and O–H groups in total. The maximum absolute atomic E-state index is 5.75. The van der Waals surface area contributed by atoms with Crippen LogP contribution in [0.25, 0.3) is 0 Å². The maximum atomic E-state index is 5.75. The second-order valence-corrected chi connectivity index (χ2v) is 4.14. The first-order chi connectivity index (χ1) is 7.69. The van der Waals surface area contributed by atoms with Gasteiger partial charge in [0.2, 0.25) is 0 Å². The van der Waals surface area contributed by atoms with Gasteiger partial charge >= 0.3 is 0 Å². The van der Waals surface area contributed by atoms with E-state index >= 15 is 0 Å². The van der Waals surface area contributed by atoms with Crippen LogP contribution < -0.4 is 10.1 Å². The van der Waals surface area contributed by atoms with Crippen LogP contribution in [0.2, 0.25) is 0 Å². The van der Waals surface area contributed by atoms with E-state index < -0.39 is 0 Å². The highest BCUT2D eigenvalue weighted by Gasteiger charge is 2.12. The average Bonchev–Trinajstić information content (AvgIpc) is 2.30. The Morgan fingerprint density at radius 2 is 2.19 bits per heavy atom. The number of rotatable bonds is 6. The standard InChI is InChI=1S/C13H18ClNO/c1-4-12(15-9-10(2)14)11-7-5-6-8-13(11)16-3/h5-8,12,15H,2,4,9H2,1,3H3. The molecule has 0 heterocycles. The fraction of sp³-hybridized carbons (Fsp3) is 0.385. The Hall–Kier alpha value is -0.990. The average molecular weight is 240 g/mol. The minimum atomic E-state index is 0.242. The lowest BCUT2D eigenvalue weighted by atomic mass is 10.0. The first-order valence-corrected chi connectivity index (χ1v) is 5.76. The molecule has 0 radical (unpaired) electrons. The van der Waals surface area contributed by atoms with Gasteiger partial charge in [-0.1, -0.05) is 43.3 Å². The molecule has 0 aliphatic heterocycles. The van der Waals surface area contributed by atoms with Crippen molar-refractivity contribution in [2.75, 3.05) is 13.7 Å². The molecule has 0 bridgehead atoms.